The SMILES string of the molecule is Clc1ccc(NCCc2nccs2)cc1Cl. The zero-order valence-corrected chi connectivity index (χ0v) is 10.7. The topological polar surface area (TPSA) is 24.9 Å². The van der Waals surface area contributed by atoms with Gasteiger partial charge in [-0.1, -0.05) is 23.2 Å². The van der Waals surface area contributed by atoms with Crippen molar-refractivity contribution in [1.82, 2.24) is 4.98 Å². The van der Waals surface area contributed by atoms with Crippen LogP contribution in [-0.2, 0) is 6.42 Å². The number of anilines is 1. The average molecular weight is 273 g/mol. The quantitative estimate of drug-likeness (QED) is 0.907. The van der Waals surface area contributed by atoms with Gasteiger partial charge in [-0.05, 0) is 18.2 Å². The molecule has 0 aliphatic heterocycles. The van der Waals surface area contributed by atoms with Crippen LogP contribution in [-0.4, -0.2) is 11.5 Å². The third kappa shape index (κ3) is 3.11. The molecule has 0 saturated carbocycles. The first kappa shape index (κ1) is 11.7. The van der Waals surface area contributed by atoms with Gasteiger partial charge in [0.05, 0.1) is 15.1 Å². The van der Waals surface area contributed by atoms with Crippen molar-refractivity contribution in [3.8, 4) is 0 Å². The lowest BCUT2D eigenvalue weighted by atomic mass is 10.3. The number of thiazole rings is 1. The number of nitrogens with one attached hydrogen (secondary N) is 1. The molecule has 0 atom stereocenters. The lowest BCUT2D eigenvalue weighted by Crippen LogP contribution is -2.04. The van der Waals surface area contributed by atoms with Crippen LogP contribution in [0.4, 0.5) is 5.69 Å². The molecule has 1 N–H and O–H groups in total. The Kier molecular flexibility index (Phi) is 4.04. The second-order valence-corrected chi connectivity index (χ2v) is 5.03. The summed E-state index contributed by atoms with van der Waals surface area (Å²) in [6.45, 7) is 0.839. The van der Waals surface area contributed by atoms with Crippen molar-refractivity contribution in [2.24, 2.45) is 0 Å². The van der Waals surface area contributed by atoms with E-state index in [4.69, 9.17) is 23.2 Å². The van der Waals surface area contributed by atoms with Gasteiger partial charge < -0.3 is 5.32 Å². The van der Waals surface area contributed by atoms with E-state index in [9.17, 15) is 0 Å². The van der Waals surface area contributed by atoms with E-state index >= 15 is 0 Å². The molecule has 1 aromatic carbocycles. The predicted molar refractivity (Wildman–Crippen MR) is 70.8 cm³/mol. The van der Waals surface area contributed by atoms with Gasteiger partial charge in [-0.2, -0.15) is 0 Å². The summed E-state index contributed by atoms with van der Waals surface area (Å²) in [6, 6.07) is 5.53. The van der Waals surface area contributed by atoms with Crippen molar-refractivity contribution < 1.29 is 0 Å². The second kappa shape index (κ2) is 5.53. The Morgan fingerprint density at radius 1 is 1.25 bits per heavy atom. The van der Waals surface area contributed by atoms with Crippen LogP contribution < -0.4 is 5.32 Å². The number of aromatic nitrogens is 1. The van der Waals surface area contributed by atoms with Crippen LogP contribution in [0.5, 0.6) is 0 Å². The Balaban J connectivity index is 1.87. The van der Waals surface area contributed by atoms with Crippen LogP contribution in [0.15, 0.2) is 29.8 Å². The van der Waals surface area contributed by atoms with E-state index in [0.29, 0.717) is 10.0 Å². The summed E-state index contributed by atoms with van der Waals surface area (Å²) in [5.74, 6) is 0. The molecular formula is C11H10Cl2N2S. The number of rotatable bonds is 4. The smallest absolute Gasteiger partial charge is 0.0942 e. The molecule has 5 heteroatoms. The minimum Gasteiger partial charge on any atom is -0.385 e. The standard InChI is InChI=1S/C11H10Cl2N2S/c12-9-2-1-8(7-10(9)13)14-4-3-11-15-5-6-16-11/h1-2,5-7,14H,3-4H2. The molecule has 0 unspecified atom stereocenters. The van der Waals surface area contributed by atoms with E-state index in [1.54, 1.807) is 17.4 Å². The lowest BCUT2D eigenvalue weighted by Gasteiger charge is -2.06. The first-order valence-electron chi connectivity index (χ1n) is 4.83. The van der Waals surface area contributed by atoms with Gasteiger partial charge in [-0.25, -0.2) is 4.98 Å². The minimum absolute atomic E-state index is 0.570. The molecule has 1 heterocycles. The third-order valence-corrected chi connectivity index (χ3v) is 3.65. The summed E-state index contributed by atoms with van der Waals surface area (Å²) < 4.78 is 0. The highest BCUT2D eigenvalue weighted by Gasteiger charge is 1.99. The minimum atomic E-state index is 0.570. The summed E-state index contributed by atoms with van der Waals surface area (Å²) in [7, 11) is 0. The zero-order chi connectivity index (χ0) is 11.4. The number of benzene rings is 1. The zero-order valence-electron chi connectivity index (χ0n) is 8.41. The molecule has 84 valence electrons. The number of hydrogen-bond donors (Lipinski definition) is 1. The molecular weight excluding hydrogens is 263 g/mol. The Bertz CT molecular complexity index is 457. The summed E-state index contributed by atoms with van der Waals surface area (Å²) >= 11 is 13.4. The van der Waals surface area contributed by atoms with Gasteiger partial charge in [-0.15, -0.1) is 11.3 Å². The second-order valence-electron chi connectivity index (χ2n) is 3.23. The molecule has 0 amide bonds. The summed E-state index contributed by atoms with van der Waals surface area (Å²) in [5, 5.41) is 7.53. The first-order valence-corrected chi connectivity index (χ1v) is 6.46. The van der Waals surface area contributed by atoms with E-state index in [0.717, 1.165) is 23.7 Å². The van der Waals surface area contributed by atoms with Gasteiger partial charge in [0, 0.05) is 30.2 Å². The normalized spacial score (nSPS) is 10.4. The van der Waals surface area contributed by atoms with Crippen LogP contribution >= 0.6 is 34.5 Å². The molecule has 0 aliphatic rings. The van der Waals surface area contributed by atoms with Gasteiger partial charge in [0.2, 0.25) is 0 Å². The monoisotopic (exact) mass is 272 g/mol. The van der Waals surface area contributed by atoms with Crippen molar-refractivity contribution in [1.29, 1.82) is 0 Å². The first-order chi connectivity index (χ1) is 7.75. The van der Waals surface area contributed by atoms with Crippen LogP contribution in [0.1, 0.15) is 5.01 Å². The maximum atomic E-state index is 5.91. The molecule has 0 spiro atoms. The van der Waals surface area contributed by atoms with Crippen molar-refractivity contribution in [3.63, 3.8) is 0 Å². The number of nitrogens with zero attached hydrogens (tertiary/aromatic N) is 1. The molecule has 1 aromatic heterocycles. The van der Waals surface area contributed by atoms with Crippen molar-refractivity contribution in [2.45, 2.75) is 6.42 Å². The Labute approximate surface area is 108 Å². The van der Waals surface area contributed by atoms with Crippen LogP contribution in [0, 0.1) is 0 Å². The Morgan fingerprint density at radius 3 is 2.81 bits per heavy atom. The predicted octanol–water partition coefficient (Wildman–Crippen LogP) is 4.10. The van der Waals surface area contributed by atoms with Crippen LogP contribution in [0.3, 0.4) is 0 Å². The van der Waals surface area contributed by atoms with E-state index < -0.39 is 0 Å². The largest absolute Gasteiger partial charge is 0.385 e. The van der Waals surface area contributed by atoms with Crippen LogP contribution in [0.25, 0.3) is 0 Å². The molecule has 2 aromatic rings. The summed E-state index contributed by atoms with van der Waals surface area (Å²) in [5.41, 5.74) is 0.978. The number of hydrogen-bond acceptors (Lipinski definition) is 3. The van der Waals surface area contributed by atoms with E-state index in [1.807, 2.05) is 23.7 Å². The Morgan fingerprint density at radius 2 is 2.12 bits per heavy atom. The van der Waals surface area contributed by atoms with Crippen molar-refractivity contribution in [3.05, 3.63) is 44.8 Å². The van der Waals surface area contributed by atoms with Gasteiger partial charge in [0.15, 0.2) is 0 Å². The molecule has 0 fully saturated rings. The highest BCUT2D eigenvalue weighted by atomic mass is 35.5. The molecule has 0 saturated heterocycles. The average Bonchev–Trinajstić information content (AvgIpc) is 2.76. The maximum Gasteiger partial charge on any atom is 0.0942 e. The third-order valence-electron chi connectivity index (χ3n) is 2.07. The molecule has 16 heavy (non-hydrogen) atoms. The van der Waals surface area contributed by atoms with Crippen molar-refractivity contribution in [2.75, 3.05) is 11.9 Å². The highest BCUT2D eigenvalue weighted by molar-refractivity contribution is 7.09. The van der Waals surface area contributed by atoms with Gasteiger partial charge >= 0.3 is 0 Å². The van der Waals surface area contributed by atoms with E-state index in [-0.39, 0.29) is 0 Å². The molecule has 2 nitrogen and oxygen atoms in total. The van der Waals surface area contributed by atoms with Gasteiger partial charge in [0.25, 0.3) is 0 Å². The molecule has 2 rings (SSSR count). The highest BCUT2D eigenvalue weighted by Crippen LogP contribution is 2.24. The van der Waals surface area contributed by atoms with E-state index in [1.165, 1.54) is 0 Å². The fourth-order valence-electron chi connectivity index (χ4n) is 1.30. The number of halogens is 2. The fourth-order valence-corrected chi connectivity index (χ4v) is 2.21. The van der Waals surface area contributed by atoms with Gasteiger partial charge in [0.1, 0.15) is 0 Å². The summed E-state index contributed by atoms with van der Waals surface area (Å²) in [6.07, 6.45) is 2.73. The maximum absolute atomic E-state index is 5.91. The Hall–Kier alpha value is -0.770. The van der Waals surface area contributed by atoms with Crippen molar-refractivity contribution >= 4 is 40.2 Å². The van der Waals surface area contributed by atoms with E-state index in [2.05, 4.69) is 10.3 Å². The van der Waals surface area contributed by atoms with Crippen LogP contribution in [0.2, 0.25) is 10.0 Å². The molecule has 0 aliphatic carbocycles. The lowest BCUT2D eigenvalue weighted by molar-refractivity contribution is 0.998. The summed E-state index contributed by atoms with van der Waals surface area (Å²) in [4.78, 5) is 4.21. The molecule has 0 radical (unpaired) electrons. The molecule has 0 bridgehead atoms. The van der Waals surface area contributed by atoms with Gasteiger partial charge in [-0.3, -0.25) is 0 Å². The fraction of sp³-hybridized carbons (Fsp3) is 0.182.